The monoisotopic (exact) mass is 258 g/mol. The van der Waals surface area contributed by atoms with Crippen LogP contribution < -0.4 is 0 Å². The second-order valence-corrected chi connectivity index (χ2v) is 4.69. The number of carbonyl (C=O) groups is 1. The molecule has 0 aliphatic heterocycles. The third-order valence-electron chi connectivity index (χ3n) is 3.35. The van der Waals surface area contributed by atoms with Gasteiger partial charge in [0.1, 0.15) is 6.29 Å². The summed E-state index contributed by atoms with van der Waals surface area (Å²) in [4.78, 5) is 10.6. The van der Waals surface area contributed by atoms with E-state index in [0.717, 1.165) is 11.8 Å². The van der Waals surface area contributed by atoms with E-state index in [1.807, 2.05) is 30.3 Å². The summed E-state index contributed by atoms with van der Waals surface area (Å²) < 4.78 is 0. The molecule has 0 saturated heterocycles. The number of carbonyl (C=O) groups excluding carboxylic acids is 1. The van der Waals surface area contributed by atoms with E-state index in [9.17, 15) is 4.79 Å². The second kappa shape index (κ2) is 5.54. The van der Waals surface area contributed by atoms with Crippen molar-refractivity contribution in [2.45, 2.75) is 0 Å². The van der Waals surface area contributed by atoms with Crippen LogP contribution in [0.4, 0.5) is 0 Å². The van der Waals surface area contributed by atoms with Crippen LogP contribution >= 0.6 is 0 Å². The number of hydrogen-bond acceptors (Lipinski definition) is 1. The number of hydrogen-bond donors (Lipinski definition) is 0. The van der Waals surface area contributed by atoms with Gasteiger partial charge in [-0.25, -0.2) is 0 Å². The summed E-state index contributed by atoms with van der Waals surface area (Å²) in [5.41, 5.74) is 2.98. The smallest absolute Gasteiger partial charge is 0.150 e. The third kappa shape index (κ3) is 2.52. The summed E-state index contributed by atoms with van der Waals surface area (Å²) in [7, 11) is 0. The third-order valence-corrected chi connectivity index (χ3v) is 3.35. The molecule has 3 aromatic rings. The van der Waals surface area contributed by atoms with E-state index in [1.54, 1.807) is 0 Å². The highest BCUT2D eigenvalue weighted by atomic mass is 16.1. The topological polar surface area (TPSA) is 17.1 Å². The Labute approximate surface area is 118 Å². The molecular weight excluding hydrogens is 244 g/mol. The summed E-state index contributed by atoms with van der Waals surface area (Å²) in [5, 5.41) is 2.49. The molecule has 0 amide bonds. The Morgan fingerprint density at radius 3 is 2.15 bits per heavy atom. The number of benzene rings is 3. The maximum absolute atomic E-state index is 10.6. The first kappa shape index (κ1) is 12.4. The zero-order valence-electron chi connectivity index (χ0n) is 11.0. The van der Waals surface area contributed by atoms with Crippen LogP contribution in [-0.2, 0) is 0 Å². The highest BCUT2D eigenvalue weighted by molar-refractivity contribution is 5.92. The molecule has 1 nitrogen and oxygen atoms in total. The van der Waals surface area contributed by atoms with Gasteiger partial charge in [-0.2, -0.15) is 0 Å². The van der Waals surface area contributed by atoms with Crippen LogP contribution in [0.1, 0.15) is 21.5 Å². The minimum atomic E-state index is 0.701. The van der Waals surface area contributed by atoms with Crippen LogP contribution in [-0.4, -0.2) is 6.29 Å². The van der Waals surface area contributed by atoms with E-state index < -0.39 is 0 Å². The first-order chi connectivity index (χ1) is 9.86. The van der Waals surface area contributed by atoms with Gasteiger partial charge in [-0.15, -0.1) is 0 Å². The van der Waals surface area contributed by atoms with Gasteiger partial charge in [0, 0.05) is 5.56 Å². The van der Waals surface area contributed by atoms with E-state index in [2.05, 4.69) is 48.6 Å². The molecule has 0 aliphatic carbocycles. The molecule has 0 heterocycles. The summed E-state index contributed by atoms with van der Waals surface area (Å²) >= 11 is 0. The van der Waals surface area contributed by atoms with Crippen LogP contribution in [0.25, 0.3) is 22.9 Å². The molecule has 0 unspecified atom stereocenters. The lowest BCUT2D eigenvalue weighted by atomic mass is 10.0. The van der Waals surface area contributed by atoms with Gasteiger partial charge >= 0.3 is 0 Å². The van der Waals surface area contributed by atoms with Gasteiger partial charge in [0.05, 0.1) is 0 Å². The lowest BCUT2D eigenvalue weighted by Crippen LogP contribution is -1.80. The molecule has 0 spiro atoms. The van der Waals surface area contributed by atoms with E-state index in [-0.39, 0.29) is 0 Å². The molecule has 1 heteroatoms. The summed E-state index contributed by atoms with van der Waals surface area (Å²) in [6, 6.07) is 22.2. The molecule has 0 radical (unpaired) electrons. The number of fused-ring (bicyclic) bond motifs is 1. The van der Waals surface area contributed by atoms with Crippen LogP contribution in [0.2, 0.25) is 0 Å². The summed E-state index contributed by atoms with van der Waals surface area (Å²) in [5.74, 6) is 0. The van der Waals surface area contributed by atoms with Gasteiger partial charge in [-0.3, -0.25) is 4.79 Å². The Kier molecular flexibility index (Phi) is 3.42. The molecule has 0 aliphatic rings. The zero-order chi connectivity index (χ0) is 13.8. The second-order valence-electron chi connectivity index (χ2n) is 4.69. The minimum absolute atomic E-state index is 0.701. The molecule has 3 aromatic carbocycles. The molecule has 0 fully saturated rings. The number of aldehydes is 1. The Morgan fingerprint density at radius 1 is 0.650 bits per heavy atom. The first-order valence-corrected chi connectivity index (χ1v) is 6.58. The molecule has 0 saturated carbocycles. The minimum Gasteiger partial charge on any atom is -0.298 e. The Morgan fingerprint density at radius 2 is 1.35 bits per heavy atom. The normalized spacial score (nSPS) is 11.0. The standard InChI is InChI=1S/C19H14O/c20-14-16-10-8-15(9-11-16)12-13-18-6-3-5-17-4-1-2-7-19(17)18/h1-14H/b13-12+. The number of rotatable bonds is 3. The van der Waals surface area contributed by atoms with E-state index >= 15 is 0 Å². The molecule has 0 atom stereocenters. The average molecular weight is 258 g/mol. The lowest BCUT2D eigenvalue weighted by Gasteiger charge is -2.01. The Hall–Kier alpha value is -2.67. The molecule has 3 rings (SSSR count). The molecule has 20 heavy (non-hydrogen) atoms. The molecule has 96 valence electrons. The lowest BCUT2D eigenvalue weighted by molar-refractivity contribution is 0.112. The average Bonchev–Trinajstić information content (AvgIpc) is 2.53. The van der Waals surface area contributed by atoms with Crippen molar-refractivity contribution in [3.8, 4) is 0 Å². The molecule has 0 N–H and O–H groups in total. The quantitative estimate of drug-likeness (QED) is 0.486. The van der Waals surface area contributed by atoms with Crippen LogP contribution in [0.3, 0.4) is 0 Å². The predicted octanol–water partition coefficient (Wildman–Crippen LogP) is 4.82. The van der Waals surface area contributed by atoms with Gasteiger partial charge in [0.25, 0.3) is 0 Å². The fourth-order valence-electron chi connectivity index (χ4n) is 2.27. The largest absolute Gasteiger partial charge is 0.298 e. The molecule has 0 aromatic heterocycles. The van der Waals surface area contributed by atoms with Gasteiger partial charge in [0.2, 0.25) is 0 Å². The van der Waals surface area contributed by atoms with Crippen molar-refractivity contribution in [2.75, 3.05) is 0 Å². The highest BCUT2D eigenvalue weighted by Crippen LogP contribution is 2.20. The fourth-order valence-corrected chi connectivity index (χ4v) is 2.27. The van der Waals surface area contributed by atoms with Crippen molar-refractivity contribution in [1.82, 2.24) is 0 Å². The fraction of sp³-hybridized carbons (Fsp3) is 0. The van der Waals surface area contributed by atoms with E-state index in [1.165, 1.54) is 16.3 Å². The van der Waals surface area contributed by atoms with Gasteiger partial charge < -0.3 is 0 Å². The van der Waals surface area contributed by atoms with Crippen molar-refractivity contribution in [3.63, 3.8) is 0 Å². The predicted molar refractivity (Wildman–Crippen MR) is 84.7 cm³/mol. The summed E-state index contributed by atoms with van der Waals surface area (Å²) in [6.45, 7) is 0. The van der Waals surface area contributed by atoms with Crippen LogP contribution in [0, 0.1) is 0 Å². The molecule has 0 bridgehead atoms. The first-order valence-electron chi connectivity index (χ1n) is 6.58. The van der Waals surface area contributed by atoms with Crippen LogP contribution in [0.5, 0.6) is 0 Å². The van der Waals surface area contributed by atoms with Gasteiger partial charge in [-0.1, -0.05) is 78.9 Å². The van der Waals surface area contributed by atoms with Crippen molar-refractivity contribution in [3.05, 3.63) is 83.4 Å². The van der Waals surface area contributed by atoms with Gasteiger partial charge in [0.15, 0.2) is 0 Å². The SMILES string of the molecule is O=Cc1ccc(/C=C/c2cccc3ccccc23)cc1. The Bertz CT molecular complexity index is 762. The van der Waals surface area contributed by atoms with Crippen molar-refractivity contribution < 1.29 is 4.79 Å². The van der Waals surface area contributed by atoms with Crippen LogP contribution in [0.15, 0.2) is 66.7 Å². The molecular formula is C19H14O. The van der Waals surface area contributed by atoms with Gasteiger partial charge in [-0.05, 0) is 21.9 Å². The van der Waals surface area contributed by atoms with Crippen molar-refractivity contribution in [1.29, 1.82) is 0 Å². The van der Waals surface area contributed by atoms with Crippen molar-refractivity contribution >= 4 is 29.2 Å². The van der Waals surface area contributed by atoms with Crippen molar-refractivity contribution in [2.24, 2.45) is 0 Å². The zero-order valence-corrected chi connectivity index (χ0v) is 11.0. The maximum Gasteiger partial charge on any atom is 0.150 e. The Balaban J connectivity index is 1.95. The summed E-state index contributed by atoms with van der Waals surface area (Å²) in [6.07, 6.45) is 5.03. The van der Waals surface area contributed by atoms with E-state index in [4.69, 9.17) is 0 Å². The highest BCUT2D eigenvalue weighted by Gasteiger charge is 1.96. The van der Waals surface area contributed by atoms with E-state index in [0.29, 0.717) is 5.56 Å². The maximum atomic E-state index is 10.6.